The summed E-state index contributed by atoms with van der Waals surface area (Å²) in [6, 6.07) is 9.00. The van der Waals surface area contributed by atoms with Gasteiger partial charge in [0.1, 0.15) is 0 Å². The zero-order chi connectivity index (χ0) is 16.9. The normalized spacial score (nSPS) is 16.8. The van der Waals surface area contributed by atoms with Gasteiger partial charge in [0.05, 0.1) is 0 Å². The maximum absolute atomic E-state index is 12.3. The van der Waals surface area contributed by atoms with Gasteiger partial charge in [-0.05, 0) is 49.1 Å². The maximum atomic E-state index is 12.3. The second-order valence-electron chi connectivity index (χ2n) is 6.07. The van der Waals surface area contributed by atoms with Crippen molar-refractivity contribution in [3.05, 3.63) is 42.7 Å². The van der Waals surface area contributed by atoms with Crippen LogP contribution in [0.1, 0.15) is 12.8 Å². The van der Waals surface area contributed by atoms with E-state index in [-0.39, 0.29) is 6.03 Å². The van der Waals surface area contributed by atoms with Crippen molar-refractivity contribution < 1.29 is 9.00 Å². The van der Waals surface area contributed by atoms with Gasteiger partial charge in [-0.1, -0.05) is 0 Å². The fourth-order valence-corrected chi connectivity index (χ4v) is 3.44. The molecule has 1 aromatic carbocycles. The fourth-order valence-electron chi connectivity index (χ4n) is 2.92. The summed E-state index contributed by atoms with van der Waals surface area (Å²) in [6.07, 6.45) is 7.39. The number of carbonyl (C=O) groups is 1. The Hall–Kier alpha value is -2.15. The van der Waals surface area contributed by atoms with Crippen molar-refractivity contribution in [3.63, 3.8) is 0 Å². The highest BCUT2D eigenvalue weighted by Gasteiger charge is 2.23. The monoisotopic (exact) mass is 346 g/mol. The molecular formula is C17H22N4O2S. The van der Waals surface area contributed by atoms with Crippen LogP contribution in [-0.4, -0.2) is 44.3 Å². The molecule has 2 amide bonds. The van der Waals surface area contributed by atoms with Gasteiger partial charge < -0.3 is 10.2 Å². The molecule has 24 heavy (non-hydrogen) atoms. The Kier molecular flexibility index (Phi) is 5.30. The lowest BCUT2D eigenvalue weighted by Gasteiger charge is -2.32. The third-order valence-corrected chi connectivity index (χ3v) is 5.28. The van der Waals surface area contributed by atoms with Crippen LogP contribution in [0.15, 0.2) is 47.6 Å². The van der Waals surface area contributed by atoms with Gasteiger partial charge in [-0.25, -0.2) is 4.79 Å². The van der Waals surface area contributed by atoms with Gasteiger partial charge in [0, 0.05) is 59.7 Å². The van der Waals surface area contributed by atoms with Crippen molar-refractivity contribution >= 4 is 22.5 Å². The summed E-state index contributed by atoms with van der Waals surface area (Å²) in [5.74, 6) is 0.563. The molecule has 3 rings (SSSR count). The third-order valence-electron chi connectivity index (χ3n) is 4.34. The molecule has 1 saturated heterocycles. The van der Waals surface area contributed by atoms with E-state index < -0.39 is 10.8 Å². The zero-order valence-electron chi connectivity index (χ0n) is 13.7. The molecule has 1 aliphatic rings. The molecule has 2 heterocycles. The largest absolute Gasteiger partial charge is 0.325 e. The van der Waals surface area contributed by atoms with E-state index in [2.05, 4.69) is 10.4 Å². The standard InChI is InChI=1S/C17H22N4O2S/c1-24(23)16-5-3-15(4-6-16)19-17(22)20-11-7-14(8-12-20)13-21-10-2-9-18-21/h2-6,9-10,14H,7-8,11-13H2,1H3,(H,19,22). The summed E-state index contributed by atoms with van der Waals surface area (Å²) in [4.78, 5) is 15.0. The van der Waals surface area contributed by atoms with Crippen LogP contribution >= 0.6 is 0 Å². The van der Waals surface area contributed by atoms with E-state index in [1.54, 1.807) is 36.7 Å². The number of nitrogens with one attached hydrogen (secondary N) is 1. The molecule has 1 atom stereocenters. The van der Waals surface area contributed by atoms with Crippen molar-refractivity contribution in [3.8, 4) is 0 Å². The summed E-state index contributed by atoms with van der Waals surface area (Å²) >= 11 is 0. The molecule has 0 saturated carbocycles. The van der Waals surface area contributed by atoms with Crippen molar-refractivity contribution in [2.75, 3.05) is 24.7 Å². The van der Waals surface area contributed by atoms with Gasteiger partial charge in [0.15, 0.2) is 0 Å². The Morgan fingerprint density at radius 1 is 1.29 bits per heavy atom. The number of nitrogens with zero attached hydrogens (tertiary/aromatic N) is 3. The van der Waals surface area contributed by atoms with Gasteiger partial charge in [-0.2, -0.15) is 5.10 Å². The van der Waals surface area contributed by atoms with Crippen LogP contribution in [0, 0.1) is 5.92 Å². The van der Waals surface area contributed by atoms with Crippen LogP contribution in [0.3, 0.4) is 0 Å². The molecule has 1 fully saturated rings. The van der Waals surface area contributed by atoms with Crippen molar-refractivity contribution in [1.29, 1.82) is 0 Å². The van der Waals surface area contributed by atoms with Gasteiger partial charge in [0.2, 0.25) is 0 Å². The third kappa shape index (κ3) is 4.23. The number of piperidine rings is 1. The van der Waals surface area contributed by atoms with Crippen LogP contribution < -0.4 is 5.32 Å². The van der Waals surface area contributed by atoms with E-state index in [4.69, 9.17) is 0 Å². The number of urea groups is 1. The highest BCUT2D eigenvalue weighted by Crippen LogP contribution is 2.20. The molecule has 1 unspecified atom stereocenters. The van der Waals surface area contributed by atoms with E-state index in [0.717, 1.165) is 43.1 Å². The first-order valence-electron chi connectivity index (χ1n) is 8.08. The molecule has 128 valence electrons. The molecule has 1 aliphatic heterocycles. The number of benzene rings is 1. The van der Waals surface area contributed by atoms with Gasteiger partial charge in [-0.3, -0.25) is 8.89 Å². The van der Waals surface area contributed by atoms with Crippen molar-refractivity contribution in [2.45, 2.75) is 24.3 Å². The molecule has 7 heteroatoms. The lowest BCUT2D eigenvalue weighted by atomic mass is 9.97. The van der Waals surface area contributed by atoms with Crippen LogP contribution in [0.25, 0.3) is 0 Å². The smallest absolute Gasteiger partial charge is 0.321 e. The van der Waals surface area contributed by atoms with E-state index in [1.165, 1.54) is 0 Å². The Morgan fingerprint density at radius 3 is 2.58 bits per heavy atom. The zero-order valence-corrected chi connectivity index (χ0v) is 14.5. The molecule has 2 aromatic rings. The Labute approximate surface area is 144 Å². The molecule has 6 nitrogen and oxygen atoms in total. The maximum Gasteiger partial charge on any atom is 0.321 e. The van der Waals surface area contributed by atoms with E-state index in [9.17, 15) is 9.00 Å². The minimum absolute atomic E-state index is 0.0714. The molecule has 0 aliphatic carbocycles. The molecule has 0 bridgehead atoms. The van der Waals surface area contributed by atoms with Crippen LogP contribution in [0.2, 0.25) is 0 Å². The predicted molar refractivity (Wildman–Crippen MR) is 94.3 cm³/mol. The molecule has 0 spiro atoms. The molecule has 0 radical (unpaired) electrons. The predicted octanol–water partition coefficient (Wildman–Crippen LogP) is 2.56. The summed E-state index contributed by atoms with van der Waals surface area (Å²) in [5.41, 5.74) is 0.730. The van der Waals surface area contributed by atoms with Gasteiger partial charge in [-0.15, -0.1) is 0 Å². The average Bonchev–Trinajstić information content (AvgIpc) is 3.09. The molecular weight excluding hydrogens is 324 g/mol. The van der Waals surface area contributed by atoms with E-state index in [1.807, 2.05) is 21.8 Å². The first-order chi connectivity index (χ1) is 11.6. The second kappa shape index (κ2) is 7.61. The highest BCUT2D eigenvalue weighted by molar-refractivity contribution is 7.84. The van der Waals surface area contributed by atoms with Crippen LogP contribution in [0.5, 0.6) is 0 Å². The minimum Gasteiger partial charge on any atom is -0.325 e. The SMILES string of the molecule is CS(=O)c1ccc(NC(=O)N2CCC(Cn3cccn3)CC2)cc1. The Morgan fingerprint density at radius 2 is 2.00 bits per heavy atom. The Balaban J connectivity index is 1.49. The summed E-state index contributed by atoms with van der Waals surface area (Å²) in [6.45, 7) is 2.43. The van der Waals surface area contributed by atoms with Crippen LogP contribution in [-0.2, 0) is 17.3 Å². The number of anilines is 1. The van der Waals surface area contributed by atoms with Gasteiger partial charge in [0.25, 0.3) is 0 Å². The van der Waals surface area contributed by atoms with Crippen molar-refractivity contribution in [1.82, 2.24) is 14.7 Å². The topological polar surface area (TPSA) is 67.2 Å². The highest BCUT2D eigenvalue weighted by atomic mass is 32.2. The number of likely N-dealkylation sites (tertiary alicyclic amines) is 1. The fraction of sp³-hybridized carbons (Fsp3) is 0.412. The first-order valence-corrected chi connectivity index (χ1v) is 9.64. The lowest BCUT2D eigenvalue weighted by Crippen LogP contribution is -2.41. The minimum atomic E-state index is -1.00. The van der Waals surface area contributed by atoms with Crippen LogP contribution in [0.4, 0.5) is 10.5 Å². The van der Waals surface area contributed by atoms with Crippen molar-refractivity contribution in [2.24, 2.45) is 5.92 Å². The average molecular weight is 346 g/mol. The van der Waals surface area contributed by atoms with Gasteiger partial charge >= 0.3 is 6.03 Å². The number of aromatic nitrogens is 2. The number of carbonyl (C=O) groups excluding carboxylic acids is 1. The summed E-state index contributed by atoms with van der Waals surface area (Å²) < 4.78 is 13.3. The summed E-state index contributed by atoms with van der Waals surface area (Å²) in [5, 5.41) is 7.15. The van der Waals surface area contributed by atoms with E-state index in [0.29, 0.717) is 5.92 Å². The second-order valence-corrected chi connectivity index (χ2v) is 7.45. The first kappa shape index (κ1) is 16.7. The number of amides is 2. The molecule has 1 N–H and O–H groups in total. The number of hydrogen-bond donors (Lipinski definition) is 1. The molecule has 1 aromatic heterocycles. The lowest BCUT2D eigenvalue weighted by molar-refractivity contribution is 0.175. The Bertz CT molecular complexity index is 692. The quantitative estimate of drug-likeness (QED) is 0.925. The summed E-state index contributed by atoms with van der Waals surface area (Å²) in [7, 11) is -1.00. The number of rotatable bonds is 4. The number of hydrogen-bond acceptors (Lipinski definition) is 3. The van der Waals surface area contributed by atoms with E-state index >= 15 is 0 Å².